The first kappa shape index (κ1) is 20.5. The maximum absolute atomic E-state index is 12.3. The van der Waals surface area contributed by atoms with Crippen LogP contribution in [0.15, 0.2) is 42.5 Å². The molecule has 0 saturated carbocycles. The van der Waals surface area contributed by atoms with Crippen LogP contribution in [0.2, 0.25) is 10.0 Å². The lowest BCUT2D eigenvalue weighted by molar-refractivity contribution is -0.384. The number of amides is 1. The topological polar surface area (TPSA) is 78.7 Å². The van der Waals surface area contributed by atoms with Crippen LogP contribution < -0.4 is 5.32 Å². The molecule has 1 saturated heterocycles. The van der Waals surface area contributed by atoms with Crippen LogP contribution in [0.25, 0.3) is 0 Å². The number of nitrogens with one attached hydrogen (secondary N) is 1. The molecule has 1 N–H and O–H groups in total. The van der Waals surface area contributed by atoms with Crippen molar-refractivity contribution in [2.75, 3.05) is 38.0 Å². The van der Waals surface area contributed by atoms with E-state index in [0.717, 1.165) is 37.7 Å². The number of rotatable bonds is 6. The molecular weight excluding hydrogens is 403 g/mol. The first-order valence-corrected chi connectivity index (χ1v) is 9.59. The summed E-state index contributed by atoms with van der Waals surface area (Å²) >= 11 is 12.1. The maximum atomic E-state index is 12.3. The van der Waals surface area contributed by atoms with E-state index < -0.39 is 4.92 Å². The minimum Gasteiger partial charge on any atom is -0.323 e. The average Bonchev–Trinajstić information content (AvgIpc) is 2.65. The zero-order valence-electron chi connectivity index (χ0n) is 15.1. The molecule has 7 nitrogen and oxygen atoms in total. The molecule has 0 unspecified atom stereocenters. The number of hydrogen-bond donors (Lipinski definition) is 1. The third-order valence-corrected chi connectivity index (χ3v) is 5.13. The maximum Gasteiger partial charge on any atom is 0.271 e. The molecule has 1 amide bonds. The third kappa shape index (κ3) is 5.65. The summed E-state index contributed by atoms with van der Waals surface area (Å²) in [5, 5.41) is 14.5. The van der Waals surface area contributed by atoms with Gasteiger partial charge in [-0.2, -0.15) is 0 Å². The van der Waals surface area contributed by atoms with Crippen molar-refractivity contribution in [1.29, 1.82) is 0 Å². The quantitative estimate of drug-likeness (QED) is 0.567. The van der Waals surface area contributed by atoms with Crippen LogP contribution >= 0.6 is 23.2 Å². The number of anilines is 1. The Bertz CT molecular complexity index is 870. The molecule has 28 heavy (non-hydrogen) atoms. The summed E-state index contributed by atoms with van der Waals surface area (Å²) in [5.74, 6) is -0.245. The van der Waals surface area contributed by atoms with Gasteiger partial charge >= 0.3 is 0 Å². The van der Waals surface area contributed by atoms with Crippen LogP contribution in [-0.2, 0) is 11.3 Å². The van der Waals surface area contributed by atoms with Crippen molar-refractivity contribution in [1.82, 2.24) is 9.80 Å². The van der Waals surface area contributed by atoms with E-state index >= 15 is 0 Å². The highest BCUT2D eigenvalue weighted by molar-refractivity contribution is 6.33. The average molecular weight is 423 g/mol. The molecule has 0 atom stereocenters. The van der Waals surface area contributed by atoms with Crippen molar-refractivity contribution in [3.05, 3.63) is 68.2 Å². The van der Waals surface area contributed by atoms with Gasteiger partial charge in [0.05, 0.1) is 22.2 Å². The Morgan fingerprint density at radius 3 is 2.46 bits per heavy atom. The normalized spacial score (nSPS) is 15.4. The summed E-state index contributed by atoms with van der Waals surface area (Å²) in [6.45, 7) is 4.25. The van der Waals surface area contributed by atoms with Crippen LogP contribution in [0.1, 0.15) is 5.56 Å². The number of hydrogen-bond acceptors (Lipinski definition) is 5. The molecule has 3 rings (SSSR count). The fourth-order valence-corrected chi connectivity index (χ4v) is 3.49. The zero-order chi connectivity index (χ0) is 20.1. The van der Waals surface area contributed by atoms with Gasteiger partial charge in [0.25, 0.3) is 5.69 Å². The molecule has 0 aromatic heterocycles. The van der Waals surface area contributed by atoms with Crippen molar-refractivity contribution in [3.63, 3.8) is 0 Å². The molecule has 1 aliphatic heterocycles. The van der Waals surface area contributed by atoms with E-state index in [1.807, 2.05) is 18.2 Å². The summed E-state index contributed by atoms with van der Waals surface area (Å²) in [4.78, 5) is 27.0. The van der Waals surface area contributed by atoms with Gasteiger partial charge in [0.1, 0.15) is 0 Å². The number of piperazine rings is 1. The summed E-state index contributed by atoms with van der Waals surface area (Å²) in [5.41, 5.74) is 1.30. The van der Waals surface area contributed by atoms with E-state index in [1.54, 1.807) is 0 Å². The van der Waals surface area contributed by atoms with E-state index in [4.69, 9.17) is 23.2 Å². The molecule has 2 aromatic rings. The fourth-order valence-electron chi connectivity index (χ4n) is 3.11. The number of benzene rings is 2. The SMILES string of the molecule is O=C(CN1CCN(Cc2cccc(Cl)c2)CC1)Nc1cc([N+](=O)[O-])ccc1Cl. The second-order valence-corrected chi connectivity index (χ2v) is 7.50. The Morgan fingerprint density at radius 1 is 1.07 bits per heavy atom. The Labute approximate surface area is 173 Å². The van der Waals surface area contributed by atoms with Gasteiger partial charge in [-0.3, -0.25) is 24.7 Å². The number of nitrogens with zero attached hydrogens (tertiary/aromatic N) is 3. The monoisotopic (exact) mass is 422 g/mol. The standard InChI is InChI=1S/C19H20Cl2N4O3/c20-15-3-1-2-14(10-15)12-23-6-8-24(9-7-23)13-19(26)22-18-11-16(25(27)28)4-5-17(18)21/h1-5,10-11H,6-9,12-13H2,(H,22,26). The van der Waals surface area contributed by atoms with Crippen molar-refractivity contribution < 1.29 is 9.72 Å². The number of non-ortho nitro benzene ring substituents is 1. The minimum atomic E-state index is -0.523. The van der Waals surface area contributed by atoms with E-state index in [9.17, 15) is 14.9 Å². The molecule has 148 valence electrons. The molecule has 0 aliphatic carbocycles. The molecule has 0 bridgehead atoms. The zero-order valence-corrected chi connectivity index (χ0v) is 16.6. The first-order valence-electron chi connectivity index (χ1n) is 8.83. The molecular formula is C19H20Cl2N4O3. The van der Waals surface area contributed by atoms with Gasteiger partial charge in [-0.05, 0) is 23.8 Å². The molecule has 1 aliphatic rings. The van der Waals surface area contributed by atoms with E-state index in [1.165, 1.54) is 23.8 Å². The van der Waals surface area contributed by atoms with Crippen LogP contribution in [0.3, 0.4) is 0 Å². The van der Waals surface area contributed by atoms with Gasteiger partial charge in [-0.15, -0.1) is 0 Å². The van der Waals surface area contributed by atoms with Crippen molar-refractivity contribution >= 4 is 40.5 Å². The number of halogens is 2. The molecule has 1 heterocycles. The van der Waals surface area contributed by atoms with Gasteiger partial charge in [0.2, 0.25) is 5.91 Å². The Balaban J connectivity index is 1.49. The summed E-state index contributed by atoms with van der Waals surface area (Å²) in [6.07, 6.45) is 0. The van der Waals surface area contributed by atoms with Crippen LogP contribution in [0, 0.1) is 10.1 Å². The van der Waals surface area contributed by atoms with Gasteiger partial charge in [-0.1, -0.05) is 35.3 Å². The van der Waals surface area contributed by atoms with Crippen LogP contribution in [0.5, 0.6) is 0 Å². The lowest BCUT2D eigenvalue weighted by atomic mass is 10.2. The van der Waals surface area contributed by atoms with Gasteiger partial charge in [0, 0.05) is 49.9 Å². The second kappa shape index (κ2) is 9.34. The molecule has 1 fully saturated rings. The van der Waals surface area contributed by atoms with Gasteiger partial charge in [-0.25, -0.2) is 0 Å². The number of carbonyl (C=O) groups excluding carboxylic acids is 1. The summed E-state index contributed by atoms with van der Waals surface area (Å²) in [6, 6.07) is 11.8. The van der Waals surface area contributed by atoms with Crippen molar-refractivity contribution in [2.45, 2.75) is 6.54 Å². The molecule has 0 radical (unpaired) electrons. The highest BCUT2D eigenvalue weighted by atomic mass is 35.5. The van der Waals surface area contributed by atoms with E-state index in [-0.39, 0.29) is 28.8 Å². The largest absolute Gasteiger partial charge is 0.323 e. The van der Waals surface area contributed by atoms with E-state index in [2.05, 4.69) is 21.2 Å². The Morgan fingerprint density at radius 2 is 1.79 bits per heavy atom. The lowest BCUT2D eigenvalue weighted by Crippen LogP contribution is -2.48. The van der Waals surface area contributed by atoms with Crippen LogP contribution in [-0.4, -0.2) is 53.4 Å². The highest BCUT2D eigenvalue weighted by Crippen LogP contribution is 2.26. The summed E-state index contributed by atoms with van der Waals surface area (Å²) in [7, 11) is 0. The minimum absolute atomic E-state index is 0.116. The van der Waals surface area contributed by atoms with Gasteiger partial charge in [0.15, 0.2) is 0 Å². The predicted molar refractivity (Wildman–Crippen MR) is 110 cm³/mol. The van der Waals surface area contributed by atoms with Gasteiger partial charge < -0.3 is 5.32 Å². The lowest BCUT2D eigenvalue weighted by Gasteiger charge is -2.34. The van der Waals surface area contributed by atoms with Crippen molar-refractivity contribution in [3.8, 4) is 0 Å². The Hall–Kier alpha value is -2.19. The second-order valence-electron chi connectivity index (χ2n) is 6.65. The molecule has 2 aromatic carbocycles. The van der Waals surface area contributed by atoms with Crippen LogP contribution in [0.4, 0.5) is 11.4 Å². The highest BCUT2D eigenvalue weighted by Gasteiger charge is 2.20. The van der Waals surface area contributed by atoms with E-state index in [0.29, 0.717) is 0 Å². The molecule has 9 heteroatoms. The Kier molecular flexibility index (Phi) is 6.85. The number of nitro groups is 1. The summed E-state index contributed by atoms with van der Waals surface area (Å²) < 4.78 is 0. The molecule has 0 spiro atoms. The van der Waals surface area contributed by atoms with Crippen molar-refractivity contribution in [2.24, 2.45) is 0 Å². The number of nitro benzene ring substituents is 1. The number of carbonyl (C=O) groups is 1. The smallest absolute Gasteiger partial charge is 0.271 e. The fraction of sp³-hybridized carbons (Fsp3) is 0.316. The first-order chi connectivity index (χ1) is 13.4. The predicted octanol–water partition coefficient (Wildman–Crippen LogP) is 3.66. The third-order valence-electron chi connectivity index (χ3n) is 4.56.